The normalized spacial score (nSPS) is 10.1. The smallest absolute Gasteiger partial charge is 0.335 e. The molecule has 0 radical (unpaired) electrons. The fourth-order valence-electron chi connectivity index (χ4n) is 1.66. The van der Waals surface area contributed by atoms with E-state index in [1.165, 1.54) is 6.07 Å². The summed E-state index contributed by atoms with van der Waals surface area (Å²) in [5.74, 6) is -3.66. The van der Waals surface area contributed by atoms with E-state index < -0.39 is 23.4 Å². The lowest BCUT2D eigenvalue weighted by Crippen LogP contribution is -2.13. The summed E-state index contributed by atoms with van der Waals surface area (Å²) in [4.78, 5) is 22.8. The van der Waals surface area contributed by atoms with Gasteiger partial charge in [0.15, 0.2) is 0 Å². The van der Waals surface area contributed by atoms with Crippen molar-refractivity contribution in [3.05, 3.63) is 53.3 Å². The average molecular weight is 291 g/mol. The number of amides is 1. The van der Waals surface area contributed by atoms with Gasteiger partial charge in [-0.15, -0.1) is 0 Å². The molecule has 2 rings (SSSR count). The lowest BCUT2D eigenvalue weighted by atomic mass is 10.1. The predicted molar refractivity (Wildman–Crippen MR) is 71.1 cm³/mol. The highest BCUT2D eigenvalue weighted by atomic mass is 19.1. The quantitative estimate of drug-likeness (QED) is 0.648. The van der Waals surface area contributed by atoms with E-state index in [9.17, 15) is 24.2 Å². The van der Waals surface area contributed by atoms with Gasteiger partial charge in [0.25, 0.3) is 5.91 Å². The molecule has 0 bridgehead atoms. The first kappa shape index (κ1) is 14.3. The van der Waals surface area contributed by atoms with Crippen LogP contribution in [0, 0.1) is 5.82 Å². The molecule has 0 aliphatic carbocycles. The van der Waals surface area contributed by atoms with Crippen LogP contribution in [0.3, 0.4) is 0 Å². The highest BCUT2D eigenvalue weighted by Gasteiger charge is 2.15. The van der Waals surface area contributed by atoms with Crippen molar-refractivity contribution in [2.24, 2.45) is 0 Å². The summed E-state index contributed by atoms with van der Waals surface area (Å²) in [5, 5.41) is 30.2. The van der Waals surface area contributed by atoms with E-state index in [0.717, 1.165) is 30.3 Å². The van der Waals surface area contributed by atoms with Crippen molar-refractivity contribution in [1.82, 2.24) is 0 Å². The summed E-state index contributed by atoms with van der Waals surface area (Å²) >= 11 is 0. The molecule has 2 aromatic rings. The van der Waals surface area contributed by atoms with Gasteiger partial charge < -0.3 is 20.6 Å². The van der Waals surface area contributed by atoms with Gasteiger partial charge in [0.1, 0.15) is 17.3 Å². The highest BCUT2D eigenvalue weighted by Crippen LogP contribution is 2.26. The minimum Gasteiger partial charge on any atom is -0.507 e. The Balaban J connectivity index is 2.31. The van der Waals surface area contributed by atoms with Gasteiger partial charge in [0.2, 0.25) is 0 Å². The molecular formula is C14H10FNO5. The zero-order valence-corrected chi connectivity index (χ0v) is 10.5. The largest absolute Gasteiger partial charge is 0.507 e. The third kappa shape index (κ3) is 3.08. The third-order valence-corrected chi connectivity index (χ3v) is 2.70. The Morgan fingerprint density at radius 2 is 1.71 bits per heavy atom. The van der Waals surface area contributed by atoms with E-state index in [2.05, 4.69) is 5.32 Å². The van der Waals surface area contributed by atoms with Gasteiger partial charge in [0, 0.05) is 6.07 Å². The molecule has 4 N–H and O–H groups in total. The van der Waals surface area contributed by atoms with E-state index in [0.29, 0.717) is 0 Å². The number of aromatic hydroxyl groups is 2. The fourth-order valence-corrected chi connectivity index (χ4v) is 1.66. The van der Waals surface area contributed by atoms with Gasteiger partial charge in [0.05, 0.1) is 16.8 Å². The average Bonchev–Trinajstić information content (AvgIpc) is 2.40. The number of phenolic OH excluding ortho intramolecular Hbond substituents is 2. The van der Waals surface area contributed by atoms with Crippen molar-refractivity contribution in [3.8, 4) is 11.5 Å². The number of hydrogen-bond donors (Lipinski definition) is 4. The SMILES string of the molecule is O=C(O)c1ccc(O)c(NC(=O)c2ccc(F)cc2O)c1. The monoisotopic (exact) mass is 291 g/mol. The van der Waals surface area contributed by atoms with Crippen molar-refractivity contribution in [2.75, 3.05) is 5.32 Å². The van der Waals surface area contributed by atoms with E-state index in [4.69, 9.17) is 5.11 Å². The maximum absolute atomic E-state index is 12.8. The number of benzene rings is 2. The Kier molecular flexibility index (Phi) is 3.75. The molecule has 7 heteroatoms. The first-order chi connectivity index (χ1) is 9.88. The van der Waals surface area contributed by atoms with Crippen LogP contribution in [0.1, 0.15) is 20.7 Å². The second-order valence-corrected chi connectivity index (χ2v) is 4.15. The topological polar surface area (TPSA) is 107 Å². The van der Waals surface area contributed by atoms with Gasteiger partial charge in [-0.3, -0.25) is 4.79 Å². The molecular weight excluding hydrogens is 281 g/mol. The van der Waals surface area contributed by atoms with Crippen LogP contribution in [0.25, 0.3) is 0 Å². The molecule has 0 aliphatic heterocycles. The molecule has 0 heterocycles. The minimum atomic E-state index is -1.23. The Hall–Kier alpha value is -3.09. The Morgan fingerprint density at radius 3 is 2.33 bits per heavy atom. The molecule has 0 saturated heterocycles. The van der Waals surface area contributed by atoms with Crippen LogP contribution < -0.4 is 5.32 Å². The molecule has 0 atom stereocenters. The van der Waals surface area contributed by atoms with E-state index in [1.54, 1.807) is 0 Å². The number of nitrogens with one attached hydrogen (secondary N) is 1. The standard InChI is InChI=1S/C14H10FNO5/c15-8-2-3-9(12(18)6-8)13(19)16-10-5-7(14(20)21)1-4-11(10)17/h1-6,17-18H,(H,16,19)(H,20,21). The summed E-state index contributed by atoms with van der Waals surface area (Å²) in [6, 6.07) is 6.17. The van der Waals surface area contributed by atoms with Crippen molar-refractivity contribution < 1.29 is 29.3 Å². The molecule has 0 unspecified atom stereocenters. The maximum atomic E-state index is 12.8. The zero-order chi connectivity index (χ0) is 15.6. The number of rotatable bonds is 3. The second-order valence-electron chi connectivity index (χ2n) is 4.15. The molecule has 0 aromatic heterocycles. The van der Waals surface area contributed by atoms with Crippen molar-refractivity contribution >= 4 is 17.6 Å². The molecule has 0 spiro atoms. The van der Waals surface area contributed by atoms with E-state index in [1.807, 2.05) is 0 Å². The van der Waals surface area contributed by atoms with Gasteiger partial charge in [-0.2, -0.15) is 0 Å². The number of carboxylic acids is 1. The second kappa shape index (κ2) is 5.49. The number of carbonyl (C=O) groups excluding carboxylic acids is 1. The molecule has 0 aliphatic rings. The van der Waals surface area contributed by atoms with Crippen LogP contribution in [-0.2, 0) is 0 Å². The summed E-state index contributed by atoms with van der Waals surface area (Å²) in [6.45, 7) is 0. The van der Waals surface area contributed by atoms with Crippen LogP contribution in [0.15, 0.2) is 36.4 Å². The highest BCUT2D eigenvalue weighted by molar-refractivity contribution is 6.07. The molecule has 2 aromatic carbocycles. The van der Waals surface area contributed by atoms with Crippen molar-refractivity contribution in [2.45, 2.75) is 0 Å². The fraction of sp³-hybridized carbons (Fsp3) is 0. The number of halogens is 1. The first-order valence-electron chi connectivity index (χ1n) is 5.74. The lowest BCUT2D eigenvalue weighted by molar-refractivity contribution is 0.0696. The minimum absolute atomic E-state index is 0.133. The molecule has 21 heavy (non-hydrogen) atoms. The first-order valence-corrected chi connectivity index (χ1v) is 5.74. The van der Waals surface area contributed by atoms with Crippen LogP contribution in [-0.4, -0.2) is 27.2 Å². The summed E-state index contributed by atoms with van der Waals surface area (Å²) in [5.41, 5.74) is -0.480. The van der Waals surface area contributed by atoms with E-state index >= 15 is 0 Å². The molecule has 108 valence electrons. The van der Waals surface area contributed by atoms with Crippen LogP contribution >= 0.6 is 0 Å². The van der Waals surface area contributed by atoms with Crippen LogP contribution in [0.4, 0.5) is 10.1 Å². The Morgan fingerprint density at radius 1 is 1.00 bits per heavy atom. The number of carbonyl (C=O) groups is 2. The number of aromatic carboxylic acids is 1. The number of carboxylic acid groups (broad SMARTS) is 1. The number of hydrogen-bond acceptors (Lipinski definition) is 4. The Bertz CT molecular complexity index is 729. The molecule has 6 nitrogen and oxygen atoms in total. The Labute approximate surface area is 118 Å². The van der Waals surface area contributed by atoms with Gasteiger partial charge in [-0.05, 0) is 30.3 Å². The number of phenols is 2. The van der Waals surface area contributed by atoms with Gasteiger partial charge in [-0.25, -0.2) is 9.18 Å². The molecule has 0 saturated carbocycles. The summed E-state index contributed by atoms with van der Waals surface area (Å²) in [6.07, 6.45) is 0. The van der Waals surface area contributed by atoms with Gasteiger partial charge >= 0.3 is 5.97 Å². The lowest BCUT2D eigenvalue weighted by Gasteiger charge is -2.09. The predicted octanol–water partition coefficient (Wildman–Crippen LogP) is 2.19. The maximum Gasteiger partial charge on any atom is 0.335 e. The van der Waals surface area contributed by atoms with Crippen molar-refractivity contribution in [3.63, 3.8) is 0 Å². The summed E-state index contributed by atoms with van der Waals surface area (Å²) in [7, 11) is 0. The van der Waals surface area contributed by atoms with Crippen molar-refractivity contribution in [1.29, 1.82) is 0 Å². The molecule has 1 amide bonds. The van der Waals surface area contributed by atoms with Crippen LogP contribution in [0.2, 0.25) is 0 Å². The third-order valence-electron chi connectivity index (χ3n) is 2.70. The summed E-state index contributed by atoms with van der Waals surface area (Å²) < 4.78 is 12.8. The molecule has 0 fully saturated rings. The number of anilines is 1. The van der Waals surface area contributed by atoms with E-state index in [-0.39, 0.29) is 22.6 Å². The van der Waals surface area contributed by atoms with Crippen LogP contribution in [0.5, 0.6) is 11.5 Å². The van der Waals surface area contributed by atoms with Gasteiger partial charge in [-0.1, -0.05) is 0 Å². The zero-order valence-electron chi connectivity index (χ0n) is 10.5.